The molecule has 26 heavy (non-hydrogen) atoms. The molecule has 2 N–H and O–H groups in total. The first-order valence-corrected chi connectivity index (χ1v) is 9.13. The van der Waals surface area contributed by atoms with E-state index in [0.717, 1.165) is 16.3 Å². The van der Waals surface area contributed by atoms with Crippen molar-refractivity contribution in [2.75, 3.05) is 7.11 Å². The molecule has 0 bridgehead atoms. The summed E-state index contributed by atoms with van der Waals surface area (Å²) in [6, 6.07) is 6.66. The van der Waals surface area contributed by atoms with Crippen molar-refractivity contribution in [3.63, 3.8) is 0 Å². The largest absolute Gasteiger partial charge is 0.481 e. The molecular weight excluding hydrogens is 356 g/mol. The SMILES string of the molecule is COc1ccc2c(ncc3cn(Cc4ccc(S(N)(=O)=O)cn4)nc32)n1. The number of sulfonamides is 1. The van der Waals surface area contributed by atoms with Gasteiger partial charge in [-0.1, -0.05) is 0 Å². The van der Waals surface area contributed by atoms with Gasteiger partial charge in [-0.3, -0.25) is 9.67 Å². The average Bonchev–Trinajstić information content (AvgIpc) is 3.03. The van der Waals surface area contributed by atoms with Gasteiger partial charge in [0.05, 0.1) is 19.3 Å². The number of nitrogens with two attached hydrogens (primary N) is 1. The Morgan fingerprint density at radius 2 is 2.00 bits per heavy atom. The van der Waals surface area contributed by atoms with E-state index in [4.69, 9.17) is 9.88 Å². The van der Waals surface area contributed by atoms with E-state index in [9.17, 15) is 8.42 Å². The molecule has 0 amide bonds. The zero-order valence-corrected chi connectivity index (χ0v) is 14.5. The third kappa shape index (κ3) is 2.95. The molecule has 0 atom stereocenters. The predicted molar refractivity (Wildman–Crippen MR) is 94.1 cm³/mol. The fourth-order valence-corrected chi connectivity index (χ4v) is 3.08. The maximum Gasteiger partial charge on any atom is 0.239 e. The molecule has 0 fully saturated rings. The fourth-order valence-electron chi connectivity index (χ4n) is 2.62. The van der Waals surface area contributed by atoms with Crippen LogP contribution in [0.15, 0.2) is 47.8 Å². The zero-order valence-electron chi connectivity index (χ0n) is 13.7. The highest BCUT2D eigenvalue weighted by atomic mass is 32.2. The summed E-state index contributed by atoms with van der Waals surface area (Å²) in [5.41, 5.74) is 1.98. The second kappa shape index (κ2) is 6.00. The van der Waals surface area contributed by atoms with Crippen molar-refractivity contribution < 1.29 is 13.2 Å². The van der Waals surface area contributed by atoms with E-state index in [-0.39, 0.29) is 4.90 Å². The Hall–Kier alpha value is -3.11. The van der Waals surface area contributed by atoms with Gasteiger partial charge < -0.3 is 4.74 Å². The van der Waals surface area contributed by atoms with Crippen LogP contribution in [0.5, 0.6) is 5.88 Å². The quantitative estimate of drug-likeness (QED) is 0.569. The Morgan fingerprint density at radius 1 is 1.15 bits per heavy atom. The molecule has 4 rings (SSSR count). The van der Waals surface area contributed by atoms with Crippen molar-refractivity contribution in [2.45, 2.75) is 11.4 Å². The van der Waals surface area contributed by atoms with Gasteiger partial charge in [0.15, 0.2) is 5.65 Å². The molecule has 0 aromatic carbocycles. The van der Waals surface area contributed by atoms with E-state index in [2.05, 4.69) is 20.1 Å². The fraction of sp³-hybridized carbons (Fsp3) is 0.125. The van der Waals surface area contributed by atoms with Crippen LogP contribution in [0.4, 0.5) is 0 Å². The van der Waals surface area contributed by atoms with Crippen LogP contribution < -0.4 is 9.88 Å². The second-order valence-corrected chi connectivity index (χ2v) is 7.21. The lowest BCUT2D eigenvalue weighted by atomic mass is 10.2. The summed E-state index contributed by atoms with van der Waals surface area (Å²) in [5, 5.41) is 11.3. The van der Waals surface area contributed by atoms with E-state index in [1.807, 2.05) is 12.3 Å². The van der Waals surface area contributed by atoms with Crippen molar-refractivity contribution in [3.05, 3.63) is 48.5 Å². The standard InChI is InChI=1S/C16H14N6O3S/c1-25-14-5-4-13-15-10(6-19-16(13)20-14)8-22(21-15)9-11-2-3-12(7-18-11)26(17,23)24/h2-8H,9H2,1H3,(H2,17,23,24). The lowest BCUT2D eigenvalue weighted by molar-refractivity contribution is 0.399. The van der Waals surface area contributed by atoms with Crippen molar-refractivity contribution in [2.24, 2.45) is 5.14 Å². The molecular formula is C16H14N6O3S. The first-order valence-electron chi connectivity index (χ1n) is 7.59. The van der Waals surface area contributed by atoms with Crippen LogP contribution in [0.1, 0.15) is 5.69 Å². The summed E-state index contributed by atoms with van der Waals surface area (Å²) in [4.78, 5) is 12.7. The third-order valence-corrected chi connectivity index (χ3v) is 4.78. The molecule has 0 saturated heterocycles. The second-order valence-electron chi connectivity index (χ2n) is 5.64. The van der Waals surface area contributed by atoms with Crippen LogP contribution in [0, 0.1) is 0 Å². The predicted octanol–water partition coefficient (Wildman–Crippen LogP) is 1.08. The number of primary sulfonamides is 1. The van der Waals surface area contributed by atoms with Gasteiger partial charge in [0.2, 0.25) is 15.9 Å². The Kier molecular flexibility index (Phi) is 3.78. The van der Waals surface area contributed by atoms with E-state index in [1.165, 1.54) is 12.3 Å². The highest BCUT2D eigenvalue weighted by molar-refractivity contribution is 7.89. The highest BCUT2D eigenvalue weighted by Crippen LogP contribution is 2.23. The maximum absolute atomic E-state index is 11.3. The molecule has 4 heterocycles. The summed E-state index contributed by atoms with van der Waals surface area (Å²) in [5.74, 6) is 0.489. The topological polar surface area (TPSA) is 126 Å². The number of rotatable bonds is 4. The van der Waals surface area contributed by atoms with Gasteiger partial charge in [-0.25, -0.2) is 18.5 Å². The average molecular weight is 370 g/mol. The number of fused-ring (bicyclic) bond motifs is 3. The van der Waals surface area contributed by atoms with E-state index in [1.54, 1.807) is 30.1 Å². The lowest BCUT2D eigenvalue weighted by Crippen LogP contribution is -2.13. The number of hydrogen-bond acceptors (Lipinski definition) is 7. The van der Waals surface area contributed by atoms with Crippen molar-refractivity contribution >= 4 is 32.0 Å². The van der Waals surface area contributed by atoms with Crippen LogP contribution in [0.3, 0.4) is 0 Å². The number of aromatic nitrogens is 5. The van der Waals surface area contributed by atoms with Gasteiger partial charge in [0.25, 0.3) is 0 Å². The molecule has 0 unspecified atom stereocenters. The summed E-state index contributed by atoms with van der Waals surface area (Å²) in [6.07, 6.45) is 4.79. The van der Waals surface area contributed by atoms with E-state index >= 15 is 0 Å². The van der Waals surface area contributed by atoms with Gasteiger partial charge in [-0.15, -0.1) is 0 Å². The minimum absolute atomic E-state index is 0.0258. The van der Waals surface area contributed by atoms with Crippen molar-refractivity contribution in [3.8, 4) is 5.88 Å². The molecule has 0 aliphatic rings. The third-order valence-electron chi connectivity index (χ3n) is 3.88. The zero-order chi connectivity index (χ0) is 18.3. The Labute approximate surface area is 148 Å². The van der Waals surface area contributed by atoms with E-state index in [0.29, 0.717) is 23.8 Å². The van der Waals surface area contributed by atoms with Crippen LogP contribution in [0.25, 0.3) is 21.9 Å². The van der Waals surface area contributed by atoms with Crippen LogP contribution in [0.2, 0.25) is 0 Å². The normalized spacial score (nSPS) is 11.9. The number of nitrogens with zero attached hydrogens (tertiary/aromatic N) is 5. The number of pyridine rings is 3. The molecule has 4 aromatic rings. The summed E-state index contributed by atoms with van der Waals surface area (Å²) < 4.78 is 29.4. The molecule has 0 spiro atoms. The van der Waals surface area contributed by atoms with Crippen LogP contribution in [-0.4, -0.2) is 40.3 Å². The molecule has 0 radical (unpaired) electrons. The summed E-state index contributed by atoms with van der Waals surface area (Å²) in [6.45, 7) is 0.380. The first-order chi connectivity index (χ1) is 12.4. The smallest absolute Gasteiger partial charge is 0.239 e. The van der Waals surface area contributed by atoms with Gasteiger partial charge in [0, 0.05) is 35.4 Å². The van der Waals surface area contributed by atoms with Crippen LogP contribution >= 0.6 is 0 Å². The lowest BCUT2D eigenvalue weighted by Gasteiger charge is -2.02. The van der Waals surface area contributed by atoms with Gasteiger partial charge in [-0.05, 0) is 18.2 Å². The molecule has 4 aromatic heterocycles. The Bertz CT molecular complexity index is 1220. The first kappa shape index (κ1) is 16.4. The van der Waals surface area contributed by atoms with Crippen molar-refractivity contribution in [1.29, 1.82) is 0 Å². The van der Waals surface area contributed by atoms with Crippen LogP contribution in [-0.2, 0) is 16.6 Å². The van der Waals surface area contributed by atoms with Gasteiger partial charge in [0.1, 0.15) is 10.4 Å². The van der Waals surface area contributed by atoms with Gasteiger partial charge in [-0.2, -0.15) is 10.1 Å². The van der Waals surface area contributed by atoms with Gasteiger partial charge >= 0.3 is 0 Å². The number of ether oxygens (including phenoxy) is 1. The number of methoxy groups -OCH3 is 1. The molecule has 9 nitrogen and oxygen atoms in total. The molecule has 0 saturated carbocycles. The summed E-state index contributed by atoms with van der Waals surface area (Å²) >= 11 is 0. The molecule has 0 aliphatic carbocycles. The Balaban J connectivity index is 1.70. The molecule has 132 valence electrons. The number of hydrogen-bond donors (Lipinski definition) is 1. The highest BCUT2D eigenvalue weighted by Gasteiger charge is 2.11. The van der Waals surface area contributed by atoms with E-state index < -0.39 is 10.0 Å². The maximum atomic E-state index is 11.3. The molecule has 0 aliphatic heterocycles. The minimum Gasteiger partial charge on any atom is -0.481 e. The summed E-state index contributed by atoms with van der Waals surface area (Å²) in [7, 11) is -2.20. The monoisotopic (exact) mass is 370 g/mol. The Morgan fingerprint density at radius 3 is 2.69 bits per heavy atom. The molecule has 10 heteroatoms. The minimum atomic E-state index is -3.75. The van der Waals surface area contributed by atoms with Crippen molar-refractivity contribution in [1.82, 2.24) is 24.7 Å².